The number of fused-ring (bicyclic) bond motifs is 1. The second-order valence-corrected chi connectivity index (χ2v) is 8.87. The predicted molar refractivity (Wildman–Crippen MR) is 122 cm³/mol. The summed E-state index contributed by atoms with van der Waals surface area (Å²) < 4.78 is 0. The third-order valence-electron chi connectivity index (χ3n) is 6.14. The van der Waals surface area contributed by atoms with Gasteiger partial charge in [-0.15, -0.1) is 0 Å². The zero-order valence-electron chi connectivity index (χ0n) is 18.1. The predicted octanol–water partition coefficient (Wildman–Crippen LogP) is 3.19. The molecule has 0 aromatic heterocycles. The minimum Gasteiger partial charge on any atom is -0.357 e. The second-order valence-electron chi connectivity index (χ2n) is 8.03. The summed E-state index contributed by atoms with van der Waals surface area (Å²) in [6, 6.07) is 4.26. The Bertz CT molecular complexity index is 923. The van der Waals surface area contributed by atoms with Crippen molar-refractivity contribution in [3.8, 4) is 0 Å². The second kappa shape index (κ2) is 10.5. The molecule has 1 N–H and O–H groups in total. The fourth-order valence-electron chi connectivity index (χ4n) is 4.36. The highest BCUT2D eigenvalue weighted by molar-refractivity contribution is 6.35. The van der Waals surface area contributed by atoms with Crippen molar-refractivity contribution in [3.05, 3.63) is 46.0 Å². The molecule has 3 rings (SSSR count). The number of rotatable bonds is 8. The van der Waals surface area contributed by atoms with E-state index in [9.17, 15) is 19.2 Å². The quantitative estimate of drug-likeness (QED) is 0.458. The van der Waals surface area contributed by atoms with E-state index in [0.29, 0.717) is 34.9 Å². The number of benzene rings is 1. The summed E-state index contributed by atoms with van der Waals surface area (Å²) in [7, 11) is 1.51. The van der Waals surface area contributed by atoms with Crippen molar-refractivity contribution >= 4 is 46.8 Å². The highest BCUT2D eigenvalue weighted by atomic mass is 35.5. The maximum Gasteiger partial charge on any atom is 0.242 e. The number of imide groups is 1. The molecule has 1 aromatic carbocycles. The van der Waals surface area contributed by atoms with Crippen molar-refractivity contribution in [2.45, 2.75) is 45.2 Å². The number of nitrogens with one attached hydrogen (secondary N) is 1. The van der Waals surface area contributed by atoms with Crippen LogP contribution in [0, 0.1) is 11.8 Å². The van der Waals surface area contributed by atoms with Gasteiger partial charge in [0, 0.05) is 36.6 Å². The Hall–Kier alpha value is -2.38. The molecule has 4 amide bonds. The molecule has 0 radical (unpaired) electrons. The van der Waals surface area contributed by atoms with Gasteiger partial charge in [0.15, 0.2) is 0 Å². The van der Waals surface area contributed by atoms with Gasteiger partial charge in [0.1, 0.15) is 6.04 Å². The Balaban J connectivity index is 1.76. The van der Waals surface area contributed by atoms with E-state index in [0.717, 1.165) is 0 Å². The van der Waals surface area contributed by atoms with Crippen LogP contribution in [0.1, 0.15) is 38.2 Å². The number of carbonyl (C=O) groups is 4. The molecular formula is C23H27Cl2N3O4. The van der Waals surface area contributed by atoms with Gasteiger partial charge >= 0.3 is 0 Å². The van der Waals surface area contributed by atoms with Crippen LogP contribution >= 0.6 is 23.2 Å². The minimum absolute atomic E-state index is 0.00146. The van der Waals surface area contributed by atoms with Gasteiger partial charge in [-0.2, -0.15) is 0 Å². The Morgan fingerprint density at radius 1 is 1.16 bits per heavy atom. The number of likely N-dealkylation sites (tertiary alicyclic amines) is 1. The van der Waals surface area contributed by atoms with Crippen LogP contribution in [-0.4, -0.2) is 53.1 Å². The van der Waals surface area contributed by atoms with E-state index in [4.69, 9.17) is 23.2 Å². The van der Waals surface area contributed by atoms with Gasteiger partial charge in [-0.1, -0.05) is 48.3 Å². The minimum atomic E-state index is -0.712. The fourth-order valence-corrected chi connectivity index (χ4v) is 4.83. The van der Waals surface area contributed by atoms with Gasteiger partial charge in [0.25, 0.3) is 0 Å². The standard InChI is InChI=1S/C23H27Cl2N3O4/c1-3-19(21(30)26-2)28(13-14-8-9-15(24)12-18(14)25)20(29)10-11-27-22(31)16-6-4-5-7-17(16)23(27)32/h4-5,8-9,12,16-17,19H,3,6-7,10-11,13H2,1-2H3,(H,26,30)/t16-,17+,19-/m1/s1. The number of likely N-dealkylation sites (N-methyl/N-ethyl adjacent to an activating group) is 1. The highest BCUT2D eigenvalue weighted by Crippen LogP contribution is 2.35. The lowest BCUT2D eigenvalue weighted by atomic mass is 9.85. The molecule has 1 aliphatic carbocycles. The van der Waals surface area contributed by atoms with Crippen LogP contribution in [0.15, 0.2) is 30.4 Å². The molecule has 9 heteroatoms. The van der Waals surface area contributed by atoms with Crippen molar-refractivity contribution in [2.24, 2.45) is 11.8 Å². The molecule has 1 heterocycles. The lowest BCUT2D eigenvalue weighted by molar-refractivity contribution is -0.144. The Morgan fingerprint density at radius 3 is 2.31 bits per heavy atom. The molecule has 0 saturated carbocycles. The highest BCUT2D eigenvalue weighted by Gasteiger charge is 2.47. The van der Waals surface area contributed by atoms with Crippen molar-refractivity contribution in [1.82, 2.24) is 15.1 Å². The number of carbonyl (C=O) groups excluding carboxylic acids is 4. The van der Waals surface area contributed by atoms with Crippen LogP contribution in [-0.2, 0) is 25.7 Å². The first kappa shape index (κ1) is 24.3. The SMILES string of the molecule is CC[C@H](C(=O)NC)N(Cc1ccc(Cl)cc1Cl)C(=O)CCN1C(=O)[C@H]2CC=CC[C@H]2C1=O. The number of hydrogen-bond donors (Lipinski definition) is 1. The molecule has 1 fully saturated rings. The Labute approximate surface area is 197 Å². The molecular weight excluding hydrogens is 453 g/mol. The van der Waals surface area contributed by atoms with Crippen LogP contribution < -0.4 is 5.32 Å². The largest absolute Gasteiger partial charge is 0.357 e. The van der Waals surface area contributed by atoms with Crippen molar-refractivity contribution < 1.29 is 19.2 Å². The molecule has 172 valence electrons. The summed E-state index contributed by atoms with van der Waals surface area (Å²) in [6.45, 7) is 1.92. The summed E-state index contributed by atoms with van der Waals surface area (Å²) in [5.41, 5.74) is 0.650. The number of amides is 4. The molecule has 1 aromatic rings. The van der Waals surface area contributed by atoms with Crippen molar-refractivity contribution in [1.29, 1.82) is 0 Å². The average molecular weight is 480 g/mol. The fraction of sp³-hybridized carbons (Fsp3) is 0.478. The molecule has 2 aliphatic rings. The zero-order valence-corrected chi connectivity index (χ0v) is 19.7. The third-order valence-corrected chi connectivity index (χ3v) is 6.72. The molecule has 1 aliphatic heterocycles. The van der Waals surface area contributed by atoms with Crippen LogP contribution in [0.4, 0.5) is 0 Å². The van der Waals surface area contributed by atoms with E-state index in [1.165, 1.54) is 16.8 Å². The van der Waals surface area contributed by atoms with Gasteiger partial charge in [0.2, 0.25) is 23.6 Å². The molecule has 3 atom stereocenters. The number of allylic oxidation sites excluding steroid dienone is 2. The summed E-state index contributed by atoms with van der Waals surface area (Å²) >= 11 is 12.3. The van der Waals surface area contributed by atoms with Crippen molar-refractivity contribution in [2.75, 3.05) is 13.6 Å². The van der Waals surface area contributed by atoms with Crippen LogP contribution in [0.5, 0.6) is 0 Å². The number of nitrogens with zero attached hydrogens (tertiary/aromatic N) is 2. The van der Waals surface area contributed by atoms with E-state index in [1.54, 1.807) is 18.2 Å². The lowest BCUT2D eigenvalue weighted by Crippen LogP contribution is -2.49. The van der Waals surface area contributed by atoms with Gasteiger partial charge < -0.3 is 10.2 Å². The zero-order chi connectivity index (χ0) is 23.4. The Kier molecular flexibility index (Phi) is 7.96. The first-order chi connectivity index (χ1) is 15.3. The van der Waals surface area contributed by atoms with E-state index in [2.05, 4.69) is 5.32 Å². The summed E-state index contributed by atoms with van der Waals surface area (Å²) in [6.07, 6.45) is 5.28. The summed E-state index contributed by atoms with van der Waals surface area (Å²) in [5, 5.41) is 3.46. The smallest absolute Gasteiger partial charge is 0.242 e. The van der Waals surface area contributed by atoms with Crippen LogP contribution in [0.3, 0.4) is 0 Å². The third kappa shape index (κ3) is 4.99. The van der Waals surface area contributed by atoms with Crippen molar-refractivity contribution in [3.63, 3.8) is 0 Å². The maximum atomic E-state index is 13.2. The number of halogens is 2. The normalized spacial score (nSPS) is 20.8. The topological polar surface area (TPSA) is 86.8 Å². The van der Waals surface area contributed by atoms with E-state index >= 15 is 0 Å². The first-order valence-electron chi connectivity index (χ1n) is 10.7. The average Bonchev–Trinajstić information content (AvgIpc) is 3.03. The van der Waals surface area contributed by atoms with E-state index < -0.39 is 6.04 Å². The molecule has 0 unspecified atom stereocenters. The monoisotopic (exact) mass is 479 g/mol. The summed E-state index contributed by atoms with van der Waals surface area (Å²) in [5.74, 6) is -1.73. The number of hydrogen-bond acceptors (Lipinski definition) is 4. The Morgan fingerprint density at radius 2 is 1.78 bits per heavy atom. The summed E-state index contributed by atoms with van der Waals surface area (Å²) in [4.78, 5) is 53.8. The molecule has 0 bridgehead atoms. The molecule has 1 saturated heterocycles. The van der Waals surface area contributed by atoms with Crippen LogP contribution in [0.2, 0.25) is 10.0 Å². The van der Waals surface area contributed by atoms with E-state index in [1.807, 2.05) is 19.1 Å². The molecule has 7 nitrogen and oxygen atoms in total. The molecule has 32 heavy (non-hydrogen) atoms. The van der Waals surface area contributed by atoms with Gasteiger partial charge in [-0.25, -0.2) is 0 Å². The lowest BCUT2D eigenvalue weighted by Gasteiger charge is -2.31. The molecule has 0 spiro atoms. The van der Waals surface area contributed by atoms with Gasteiger partial charge in [-0.05, 0) is 37.0 Å². The first-order valence-corrected chi connectivity index (χ1v) is 11.5. The van der Waals surface area contributed by atoms with Gasteiger partial charge in [-0.3, -0.25) is 24.1 Å². The van der Waals surface area contributed by atoms with Gasteiger partial charge in [0.05, 0.1) is 11.8 Å². The van der Waals surface area contributed by atoms with E-state index in [-0.39, 0.29) is 55.0 Å². The van der Waals surface area contributed by atoms with Crippen LogP contribution in [0.25, 0.3) is 0 Å². The maximum absolute atomic E-state index is 13.2.